The van der Waals surface area contributed by atoms with Gasteiger partial charge in [0, 0.05) is 30.1 Å². The fourth-order valence-electron chi connectivity index (χ4n) is 2.55. The molecule has 26 heavy (non-hydrogen) atoms. The number of carboxylic acid groups (broad SMARTS) is 1. The first kappa shape index (κ1) is 18.3. The van der Waals surface area contributed by atoms with Crippen LogP contribution in [-0.4, -0.2) is 42.9 Å². The van der Waals surface area contributed by atoms with Crippen LogP contribution in [0.25, 0.3) is 22.2 Å². The minimum absolute atomic E-state index is 0.00908. The number of pyridine rings is 1. The summed E-state index contributed by atoms with van der Waals surface area (Å²) in [5.74, 6) is -1.17. The van der Waals surface area contributed by atoms with Crippen LogP contribution in [0.3, 0.4) is 0 Å². The van der Waals surface area contributed by atoms with E-state index in [4.69, 9.17) is 11.6 Å². The van der Waals surface area contributed by atoms with Crippen molar-refractivity contribution in [1.82, 2.24) is 9.29 Å². The van der Waals surface area contributed by atoms with E-state index in [1.807, 2.05) is 0 Å². The van der Waals surface area contributed by atoms with Crippen LogP contribution in [-0.2, 0) is 10.0 Å². The summed E-state index contributed by atoms with van der Waals surface area (Å²) in [6.45, 7) is 0. The van der Waals surface area contributed by atoms with Crippen LogP contribution < -0.4 is 0 Å². The van der Waals surface area contributed by atoms with Gasteiger partial charge in [-0.3, -0.25) is 0 Å². The normalized spacial score (nSPS) is 11.8. The maximum absolute atomic E-state index is 12.3. The smallest absolute Gasteiger partial charge is 0.336 e. The van der Waals surface area contributed by atoms with E-state index in [0.29, 0.717) is 21.8 Å². The monoisotopic (exact) mass is 390 g/mol. The second-order valence-corrected chi connectivity index (χ2v) is 8.43. The lowest BCUT2D eigenvalue weighted by molar-refractivity contribution is 0.0699. The largest absolute Gasteiger partial charge is 0.478 e. The topological polar surface area (TPSA) is 87.6 Å². The van der Waals surface area contributed by atoms with Crippen LogP contribution in [0, 0.1) is 0 Å². The third-order valence-electron chi connectivity index (χ3n) is 3.91. The SMILES string of the molecule is CN(C)S(=O)(=O)c1ccc2nc(-c3cccc(Cl)c3)cc(C(=O)O)c2c1. The van der Waals surface area contributed by atoms with Gasteiger partial charge < -0.3 is 5.11 Å². The van der Waals surface area contributed by atoms with Gasteiger partial charge in [0.05, 0.1) is 21.7 Å². The third kappa shape index (κ3) is 3.29. The quantitative estimate of drug-likeness (QED) is 0.736. The molecule has 0 unspecified atom stereocenters. The average molecular weight is 391 g/mol. The molecule has 0 saturated heterocycles. The molecule has 0 spiro atoms. The summed E-state index contributed by atoms with van der Waals surface area (Å²) < 4.78 is 25.7. The molecular weight excluding hydrogens is 376 g/mol. The molecule has 0 aliphatic carbocycles. The van der Waals surface area contributed by atoms with E-state index in [9.17, 15) is 18.3 Å². The van der Waals surface area contributed by atoms with Crippen molar-refractivity contribution in [1.29, 1.82) is 0 Å². The van der Waals surface area contributed by atoms with Crippen molar-refractivity contribution in [3.05, 3.63) is 59.1 Å². The second-order valence-electron chi connectivity index (χ2n) is 5.84. The zero-order valence-electron chi connectivity index (χ0n) is 14.0. The minimum Gasteiger partial charge on any atom is -0.478 e. The van der Waals surface area contributed by atoms with Crippen molar-refractivity contribution in [2.45, 2.75) is 4.90 Å². The summed E-state index contributed by atoms with van der Waals surface area (Å²) in [5, 5.41) is 10.4. The van der Waals surface area contributed by atoms with Crippen LogP contribution in [0.1, 0.15) is 10.4 Å². The van der Waals surface area contributed by atoms with Crippen LogP contribution in [0.5, 0.6) is 0 Å². The number of aromatic carboxylic acids is 1. The molecule has 0 atom stereocenters. The van der Waals surface area contributed by atoms with E-state index in [0.717, 1.165) is 4.31 Å². The van der Waals surface area contributed by atoms with Crippen LogP contribution in [0.15, 0.2) is 53.4 Å². The Labute approximate surface area is 155 Å². The molecule has 1 N–H and O–H groups in total. The molecule has 8 heteroatoms. The van der Waals surface area contributed by atoms with E-state index in [-0.39, 0.29) is 15.8 Å². The summed E-state index contributed by atoms with van der Waals surface area (Å²) in [4.78, 5) is 16.2. The lowest BCUT2D eigenvalue weighted by Gasteiger charge is -2.13. The fourth-order valence-corrected chi connectivity index (χ4v) is 3.67. The zero-order chi connectivity index (χ0) is 19.1. The van der Waals surface area contributed by atoms with Gasteiger partial charge in [0.25, 0.3) is 0 Å². The van der Waals surface area contributed by atoms with Crippen molar-refractivity contribution in [3.8, 4) is 11.3 Å². The Bertz CT molecular complexity index is 1130. The summed E-state index contributed by atoms with van der Waals surface area (Å²) in [5.41, 5.74) is 1.48. The van der Waals surface area contributed by atoms with E-state index in [1.54, 1.807) is 24.3 Å². The third-order valence-corrected chi connectivity index (χ3v) is 5.96. The molecule has 2 aromatic carbocycles. The molecule has 6 nitrogen and oxygen atoms in total. The van der Waals surface area contributed by atoms with Gasteiger partial charge in [0.15, 0.2) is 0 Å². The zero-order valence-corrected chi connectivity index (χ0v) is 15.5. The van der Waals surface area contributed by atoms with Crippen molar-refractivity contribution < 1.29 is 18.3 Å². The lowest BCUT2D eigenvalue weighted by atomic mass is 10.0. The Balaban J connectivity index is 2.28. The van der Waals surface area contributed by atoms with Gasteiger partial charge in [-0.15, -0.1) is 0 Å². The number of hydrogen-bond acceptors (Lipinski definition) is 4. The predicted octanol–water partition coefficient (Wildman–Crippen LogP) is 3.50. The Morgan fingerprint density at radius 3 is 2.46 bits per heavy atom. The first-order chi connectivity index (χ1) is 12.2. The van der Waals surface area contributed by atoms with Crippen molar-refractivity contribution in [3.63, 3.8) is 0 Å². The maximum Gasteiger partial charge on any atom is 0.336 e. The molecular formula is C18H15ClN2O4S. The molecule has 0 fully saturated rings. The highest BCUT2D eigenvalue weighted by Crippen LogP contribution is 2.28. The van der Waals surface area contributed by atoms with Crippen molar-refractivity contribution in [2.24, 2.45) is 0 Å². The van der Waals surface area contributed by atoms with E-state index >= 15 is 0 Å². The average Bonchev–Trinajstić information content (AvgIpc) is 2.59. The van der Waals surface area contributed by atoms with Crippen LogP contribution in [0.4, 0.5) is 0 Å². The highest BCUT2D eigenvalue weighted by atomic mass is 35.5. The molecule has 0 aliphatic rings. The molecule has 3 rings (SSSR count). The number of sulfonamides is 1. The molecule has 3 aromatic rings. The first-order valence-electron chi connectivity index (χ1n) is 7.57. The Morgan fingerprint density at radius 2 is 1.85 bits per heavy atom. The first-order valence-corrected chi connectivity index (χ1v) is 9.38. The van der Waals surface area contributed by atoms with Crippen molar-refractivity contribution >= 4 is 38.5 Å². The number of carboxylic acids is 1. The lowest BCUT2D eigenvalue weighted by Crippen LogP contribution is -2.22. The fraction of sp³-hybridized carbons (Fsp3) is 0.111. The van der Waals surface area contributed by atoms with Gasteiger partial charge >= 0.3 is 5.97 Å². The molecule has 0 saturated carbocycles. The molecule has 1 aromatic heterocycles. The Morgan fingerprint density at radius 1 is 1.12 bits per heavy atom. The van der Waals surface area contributed by atoms with Crippen LogP contribution in [0.2, 0.25) is 5.02 Å². The molecule has 0 amide bonds. The molecule has 1 heterocycles. The number of halogens is 1. The van der Waals surface area contributed by atoms with Crippen molar-refractivity contribution in [2.75, 3.05) is 14.1 Å². The summed E-state index contributed by atoms with van der Waals surface area (Å²) in [7, 11) is -0.854. The van der Waals surface area contributed by atoms with Gasteiger partial charge in [0.1, 0.15) is 0 Å². The predicted molar refractivity (Wildman–Crippen MR) is 100 cm³/mol. The van der Waals surface area contributed by atoms with E-state index in [2.05, 4.69) is 4.98 Å². The number of nitrogens with zero attached hydrogens (tertiary/aromatic N) is 2. The summed E-state index contributed by atoms with van der Waals surface area (Å²) in [6, 6.07) is 12.6. The summed E-state index contributed by atoms with van der Waals surface area (Å²) in [6.07, 6.45) is 0. The van der Waals surface area contributed by atoms with Gasteiger partial charge in [-0.1, -0.05) is 23.7 Å². The number of carbonyl (C=O) groups is 1. The minimum atomic E-state index is -3.68. The molecule has 0 radical (unpaired) electrons. The highest BCUT2D eigenvalue weighted by molar-refractivity contribution is 7.89. The van der Waals surface area contributed by atoms with Gasteiger partial charge in [-0.25, -0.2) is 22.5 Å². The molecule has 0 aliphatic heterocycles. The standard InChI is InChI=1S/C18H15ClN2O4S/c1-21(2)26(24,25)13-6-7-16-14(9-13)15(18(22)23)10-17(20-16)11-4-3-5-12(19)8-11/h3-10H,1-2H3,(H,22,23). The van der Waals surface area contributed by atoms with Gasteiger partial charge in [-0.05, 0) is 36.4 Å². The number of benzene rings is 2. The van der Waals surface area contributed by atoms with E-state index in [1.165, 1.54) is 38.4 Å². The number of hydrogen-bond donors (Lipinski definition) is 1. The highest BCUT2D eigenvalue weighted by Gasteiger charge is 2.20. The number of rotatable bonds is 4. The van der Waals surface area contributed by atoms with Gasteiger partial charge in [-0.2, -0.15) is 0 Å². The molecule has 0 bridgehead atoms. The summed E-state index contributed by atoms with van der Waals surface area (Å²) >= 11 is 6.00. The second kappa shape index (κ2) is 6.68. The maximum atomic E-state index is 12.3. The number of fused-ring (bicyclic) bond motifs is 1. The van der Waals surface area contributed by atoms with Gasteiger partial charge in [0.2, 0.25) is 10.0 Å². The van der Waals surface area contributed by atoms with E-state index < -0.39 is 16.0 Å². The van der Waals surface area contributed by atoms with Crippen LogP contribution >= 0.6 is 11.6 Å². The Kier molecular flexibility index (Phi) is 4.70. The molecule has 134 valence electrons. The Hall–Kier alpha value is -2.48. The number of aromatic nitrogens is 1.